The van der Waals surface area contributed by atoms with Crippen LogP contribution in [0.25, 0.3) is 0 Å². The van der Waals surface area contributed by atoms with Crippen molar-refractivity contribution in [2.75, 3.05) is 13.2 Å². The van der Waals surface area contributed by atoms with Crippen LogP contribution in [0.5, 0.6) is 0 Å². The van der Waals surface area contributed by atoms with Gasteiger partial charge in [-0.2, -0.15) is 0 Å². The number of rotatable bonds is 3. The summed E-state index contributed by atoms with van der Waals surface area (Å²) in [4.78, 5) is 10.3. The van der Waals surface area contributed by atoms with E-state index in [0.717, 1.165) is 6.42 Å². The van der Waals surface area contributed by atoms with Crippen molar-refractivity contribution in [1.82, 2.24) is 0 Å². The summed E-state index contributed by atoms with van der Waals surface area (Å²) in [5, 5.41) is 18.1. The monoisotopic (exact) mass is 188 g/mol. The van der Waals surface area contributed by atoms with Gasteiger partial charge in [-0.25, -0.2) is 0 Å². The van der Waals surface area contributed by atoms with Gasteiger partial charge >= 0.3 is 5.97 Å². The van der Waals surface area contributed by atoms with Crippen LogP contribution >= 0.6 is 0 Å². The zero-order valence-corrected chi connectivity index (χ0v) is 7.61. The standard InChI is InChI=1S/C9H16O4/c10-8-4-6-13-5-3-7(8)1-2-9(11)12/h7-8,10H,1-6H2,(H,11,12)/t7-,8-/m0/s1. The molecule has 0 unspecified atom stereocenters. The van der Waals surface area contributed by atoms with Gasteiger partial charge in [0.15, 0.2) is 0 Å². The molecule has 2 atom stereocenters. The third kappa shape index (κ3) is 3.74. The normalized spacial score (nSPS) is 29.6. The molecule has 1 aliphatic rings. The fourth-order valence-electron chi connectivity index (χ4n) is 1.61. The van der Waals surface area contributed by atoms with Gasteiger partial charge in [0, 0.05) is 19.6 Å². The Morgan fingerprint density at radius 2 is 2.08 bits per heavy atom. The van der Waals surface area contributed by atoms with Crippen molar-refractivity contribution in [3.05, 3.63) is 0 Å². The second-order valence-corrected chi connectivity index (χ2v) is 3.45. The number of aliphatic carboxylic acids is 1. The highest BCUT2D eigenvalue weighted by atomic mass is 16.5. The summed E-state index contributed by atoms with van der Waals surface area (Å²) in [6.45, 7) is 1.23. The van der Waals surface area contributed by atoms with E-state index in [0.29, 0.717) is 26.1 Å². The number of aliphatic hydroxyl groups excluding tert-OH is 1. The molecule has 0 saturated carbocycles. The SMILES string of the molecule is O=C(O)CC[C@H]1CCOCC[C@@H]1O. The van der Waals surface area contributed by atoms with Gasteiger partial charge in [0.25, 0.3) is 0 Å². The summed E-state index contributed by atoms with van der Waals surface area (Å²) in [7, 11) is 0. The molecule has 1 rings (SSSR count). The van der Waals surface area contributed by atoms with E-state index in [1.807, 2.05) is 0 Å². The van der Waals surface area contributed by atoms with Crippen LogP contribution < -0.4 is 0 Å². The van der Waals surface area contributed by atoms with Crippen molar-refractivity contribution >= 4 is 5.97 Å². The number of carbonyl (C=O) groups is 1. The number of hydrogen-bond donors (Lipinski definition) is 2. The number of carboxylic acid groups (broad SMARTS) is 1. The second-order valence-electron chi connectivity index (χ2n) is 3.45. The molecular formula is C9H16O4. The van der Waals surface area contributed by atoms with E-state index in [4.69, 9.17) is 9.84 Å². The molecule has 0 aliphatic carbocycles. The van der Waals surface area contributed by atoms with Crippen LogP contribution in [0, 0.1) is 5.92 Å². The predicted molar refractivity (Wildman–Crippen MR) is 46.4 cm³/mol. The minimum Gasteiger partial charge on any atom is -0.481 e. The zero-order valence-electron chi connectivity index (χ0n) is 7.61. The summed E-state index contributed by atoms with van der Waals surface area (Å²) in [5.74, 6) is -0.698. The molecule has 76 valence electrons. The number of carboxylic acids is 1. The first-order valence-electron chi connectivity index (χ1n) is 4.67. The Labute approximate surface area is 77.5 Å². The molecule has 1 saturated heterocycles. The Bertz CT molecular complexity index is 169. The molecule has 1 aliphatic heterocycles. The van der Waals surface area contributed by atoms with Crippen molar-refractivity contribution in [3.8, 4) is 0 Å². The van der Waals surface area contributed by atoms with Crippen LogP contribution in [0.3, 0.4) is 0 Å². The summed E-state index contributed by atoms with van der Waals surface area (Å²) >= 11 is 0. The molecule has 1 heterocycles. The average molecular weight is 188 g/mol. The first-order chi connectivity index (χ1) is 6.20. The number of hydrogen-bond acceptors (Lipinski definition) is 3. The Morgan fingerprint density at radius 1 is 1.38 bits per heavy atom. The first-order valence-corrected chi connectivity index (χ1v) is 4.67. The van der Waals surface area contributed by atoms with E-state index in [-0.39, 0.29) is 18.4 Å². The maximum atomic E-state index is 10.3. The molecule has 0 aromatic carbocycles. The maximum Gasteiger partial charge on any atom is 0.303 e. The van der Waals surface area contributed by atoms with Crippen molar-refractivity contribution in [1.29, 1.82) is 0 Å². The zero-order chi connectivity index (χ0) is 9.68. The first kappa shape index (κ1) is 10.5. The lowest BCUT2D eigenvalue weighted by Gasteiger charge is -2.17. The lowest BCUT2D eigenvalue weighted by molar-refractivity contribution is -0.137. The Morgan fingerprint density at radius 3 is 2.77 bits per heavy atom. The Hall–Kier alpha value is -0.610. The Balaban J connectivity index is 2.31. The van der Waals surface area contributed by atoms with E-state index in [1.54, 1.807) is 0 Å². The van der Waals surface area contributed by atoms with Gasteiger partial charge in [0.1, 0.15) is 0 Å². The van der Waals surface area contributed by atoms with Crippen molar-refractivity contribution < 1.29 is 19.7 Å². The van der Waals surface area contributed by atoms with E-state index in [9.17, 15) is 9.90 Å². The van der Waals surface area contributed by atoms with Crippen LogP contribution in [0.1, 0.15) is 25.7 Å². The minimum atomic E-state index is -0.794. The third-order valence-corrected chi connectivity index (χ3v) is 2.46. The van der Waals surface area contributed by atoms with E-state index < -0.39 is 5.97 Å². The third-order valence-electron chi connectivity index (χ3n) is 2.46. The molecule has 0 aromatic rings. The molecule has 1 fully saturated rings. The lowest BCUT2D eigenvalue weighted by atomic mass is 9.93. The molecule has 0 amide bonds. The molecule has 13 heavy (non-hydrogen) atoms. The molecule has 0 radical (unpaired) electrons. The highest BCUT2D eigenvalue weighted by Gasteiger charge is 2.22. The van der Waals surface area contributed by atoms with Crippen molar-refractivity contribution in [2.45, 2.75) is 31.8 Å². The summed E-state index contributed by atoms with van der Waals surface area (Å²) < 4.78 is 5.19. The van der Waals surface area contributed by atoms with Gasteiger partial charge in [0.2, 0.25) is 0 Å². The smallest absolute Gasteiger partial charge is 0.303 e. The minimum absolute atomic E-state index is 0.0959. The van der Waals surface area contributed by atoms with Gasteiger partial charge in [-0.05, 0) is 25.2 Å². The van der Waals surface area contributed by atoms with Crippen LogP contribution in [0.15, 0.2) is 0 Å². The van der Waals surface area contributed by atoms with Gasteiger partial charge in [0.05, 0.1) is 6.10 Å². The number of aliphatic hydroxyl groups is 1. The van der Waals surface area contributed by atoms with E-state index in [1.165, 1.54) is 0 Å². The molecule has 0 bridgehead atoms. The molecule has 4 heteroatoms. The average Bonchev–Trinajstić information content (AvgIpc) is 2.27. The molecule has 0 aromatic heterocycles. The van der Waals surface area contributed by atoms with Gasteiger partial charge in [-0.1, -0.05) is 0 Å². The van der Waals surface area contributed by atoms with Crippen LogP contribution in [-0.4, -0.2) is 35.5 Å². The van der Waals surface area contributed by atoms with Crippen LogP contribution in [0.4, 0.5) is 0 Å². The summed E-state index contributed by atoms with van der Waals surface area (Å²) in [6.07, 6.45) is 1.71. The van der Waals surface area contributed by atoms with Crippen LogP contribution in [-0.2, 0) is 9.53 Å². The van der Waals surface area contributed by atoms with Gasteiger partial charge < -0.3 is 14.9 Å². The maximum absolute atomic E-state index is 10.3. The fraction of sp³-hybridized carbons (Fsp3) is 0.889. The predicted octanol–water partition coefficient (Wildman–Crippen LogP) is 0.639. The lowest BCUT2D eigenvalue weighted by Crippen LogP contribution is -2.20. The number of ether oxygens (including phenoxy) is 1. The van der Waals surface area contributed by atoms with E-state index in [2.05, 4.69) is 0 Å². The quantitative estimate of drug-likeness (QED) is 0.682. The molecule has 4 nitrogen and oxygen atoms in total. The molecule has 0 spiro atoms. The molecule has 2 N–H and O–H groups in total. The van der Waals surface area contributed by atoms with Crippen LogP contribution in [0.2, 0.25) is 0 Å². The van der Waals surface area contributed by atoms with Gasteiger partial charge in [-0.15, -0.1) is 0 Å². The van der Waals surface area contributed by atoms with E-state index >= 15 is 0 Å². The Kier molecular flexibility index (Phi) is 4.18. The summed E-state index contributed by atoms with van der Waals surface area (Å²) in [6, 6.07) is 0. The van der Waals surface area contributed by atoms with Gasteiger partial charge in [-0.3, -0.25) is 4.79 Å². The topological polar surface area (TPSA) is 66.8 Å². The molecular weight excluding hydrogens is 172 g/mol. The highest BCUT2D eigenvalue weighted by Crippen LogP contribution is 2.21. The largest absolute Gasteiger partial charge is 0.481 e. The highest BCUT2D eigenvalue weighted by molar-refractivity contribution is 5.66. The van der Waals surface area contributed by atoms with Crippen molar-refractivity contribution in [3.63, 3.8) is 0 Å². The van der Waals surface area contributed by atoms with Crippen molar-refractivity contribution in [2.24, 2.45) is 5.92 Å². The fourth-order valence-corrected chi connectivity index (χ4v) is 1.61. The second kappa shape index (κ2) is 5.19. The summed E-state index contributed by atoms with van der Waals surface area (Å²) in [5.41, 5.74) is 0.